The normalized spacial score (nSPS) is 31.5. The molecule has 0 aliphatic heterocycles. The number of aliphatic hydroxyl groups is 1. The largest absolute Gasteiger partial charge is 0.505 e. The molecule has 0 radical (unpaired) electrons. The first-order valence-electron chi connectivity index (χ1n) is 16.5. The highest BCUT2D eigenvalue weighted by atomic mass is 16.5. The number of rotatable bonds is 5. The lowest BCUT2D eigenvalue weighted by Gasteiger charge is -2.64. The molecule has 8 atom stereocenters. The number of likely N-dealkylation sites (N-methyl/N-ethyl adjacent to an activating group) is 1. The van der Waals surface area contributed by atoms with Crippen LogP contribution in [-0.4, -0.2) is 94.2 Å². The van der Waals surface area contributed by atoms with Gasteiger partial charge in [-0.15, -0.1) is 0 Å². The zero-order valence-corrected chi connectivity index (χ0v) is 28.4. The van der Waals surface area contributed by atoms with Crippen molar-refractivity contribution in [2.75, 3.05) is 26.0 Å². The van der Waals surface area contributed by atoms with Crippen LogP contribution in [0.5, 0.6) is 5.75 Å². The number of Topliss-reactive ketones (excluding diaryl/α,β-unsaturated/α-hetero) is 4. The number of aromatic hydroxyl groups is 1. The van der Waals surface area contributed by atoms with E-state index >= 15 is 0 Å². The number of hydrogen-bond acceptors (Lipinski definition) is 14. The molecule has 11 N–H and O–H groups in total. The van der Waals surface area contributed by atoms with Crippen molar-refractivity contribution in [3.8, 4) is 22.9 Å². The Morgan fingerprint density at radius 3 is 2.08 bits per heavy atom. The number of ether oxygens (including phenoxy) is 1. The highest BCUT2D eigenvalue weighted by molar-refractivity contribution is 6.33. The first-order valence-corrected chi connectivity index (χ1v) is 16.5. The van der Waals surface area contributed by atoms with Crippen molar-refractivity contribution in [1.82, 2.24) is 4.90 Å². The highest BCUT2D eigenvalue weighted by Crippen LogP contribution is 2.58. The van der Waals surface area contributed by atoms with Crippen LogP contribution in [0.4, 0.5) is 10.5 Å². The third-order valence-corrected chi connectivity index (χ3v) is 11.5. The fourth-order valence-electron chi connectivity index (χ4n) is 9.10. The minimum atomic E-state index is -3.21. The summed E-state index contributed by atoms with van der Waals surface area (Å²) in [5, 5.41) is 36.5. The van der Waals surface area contributed by atoms with Gasteiger partial charge >= 0.3 is 6.09 Å². The second kappa shape index (κ2) is 11.8. The van der Waals surface area contributed by atoms with Gasteiger partial charge in [-0.25, -0.2) is 4.79 Å². The van der Waals surface area contributed by atoms with E-state index in [0.29, 0.717) is 0 Å². The van der Waals surface area contributed by atoms with Crippen molar-refractivity contribution in [2.24, 2.45) is 40.2 Å². The fourth-order valence-corrected chi connectivity index (χ4v) is 9.10. The van der Waals surface area contributed by atoms with E-state index in [1.54, 1.807) is 0 Å². The van der Waals surface area contributed by atoms with Crippen LogP contribution in [-0.2, 0) is 23.9 Å². The molecule has 4 aliphatic carbocycles. The number of nitrogens with zero attached hydrogens (tertiary/aromatic N) is 2. The summed E-state index contributed by atoms with van der Waals surface area (Å²) in [4.78, 5) is 83.3. The molecule has 3 aromatic rings. The molecule has 0 heterocycles. The zero-order valence-electron chi connectivity index (χ0n) is 28.4. The molecule has 16 heteroatoms. The number of nitriles is 1. The Kier molecular flexibility index (Phi) is 7.95. The number of nitrogens with one attached hydrogen (secondary N) is 1. The van der Waals surface area contributed by atoms with E-state index in [2.05, 4.69) is 5.32 Å². The Bertz CT molecular complexity index is 2190. The van der Waals surface area contributed by atoms with Gasteiger partial charge in [0.15, 0.2) is 34.5 Å². The Labute approximate surface area is 301 Å². The van der Waals surface area contributed by atoms with Crippen LogP contribution in [0.1, 0.15) is 39.0 Å². The summed E-state index contributed by atoms with van der Waals surface area (Å²) in [5.74, 6) is -12.9. The molecule has 4 aliphatic rings. The summed E-state index contributed by atoms with van der Waals surface area (Å²) >= 11 is 0. The van der Waals surface area contributed by atoms with Gasteiger partial charge in [-0.3, -0.25) is 34.2 Å². The van der Waals surface area contributed by atoms with E-state index in [4.69, 9.17) is 27.7 Å². The number of anilines is 1. The number of carbonyl (C=O) groups excluding carboxylic acids is 6. The van der Waals surface area contributed by atoms with Crippen molar-refractivity contribution in [3.63, 3.8) is 0 Å². The van der Waals surface area contributed by atoms with Crippen molar-refractivity contribution in [2.45, 2.75) is 35.2 Å². The molecule has 0 bridgehead atoms. The summed E-state index contributed by atoms with van der Waals surface area (Å²) in [7, 11) is 2.59. The number of amides is 2. The van der Waals surface area contributed by atoms with Crippen molar-refractivity contribution in [1.29, 1.82) is 5.26 Å². The van der Waals surface area contributed by atoms with Gasteiger partial charge in [0, 0.05) is 5.92 Å². The monoisotopic (exact) mass is 721 g/mol. The minimum absolute atomic E-state index is 0.0760. The number of ketones is 4. The molecule has 272 valence electrons. The second-order valence-electron chi connectivity index (χ2n) is 14.2. The topological polar surface area (TPSA) is 295 Å². The van der Waals surface area contributed by atoms with E-state index in [9.17, 15) is 44.2 Å². The average molecular weight is 722 g/mol. The van der Waals surface area contributed by atoms with Crippen molar-refractivity contribution in [3.05, 3.63) is 82.9 Å². The predicted octanol–water partition coefficient (Wildman–Crippen LogP) is -0.402. The summed E-state index contributed by atoms with van der Waals surface area (Å²) in [5.41, 5.74) is 19.7. The lowest BCUT2D eigenvalue weighted by Crippen LogP contribution is -2.92. The number of aliphatic hydroxyl groups excluding tert-OH is 1. The van der Waals surface area contributed by atoms with E-state index in [1.165, 1.54) is 32.3 Å². The van der Waals surface area contributed by atoms with Crippen LogP contribution in [0, 0.1) is 28.6 Å². The highest BCUT2D eigenvalue weighted by Gasteiger charge is 2.83. The number of phenols is 1. The first-order chi connectivity index (χ1) is 25.0. The number of nitrogens with two attached hydrogens (primary N) is 4. The van der Waals surface area contributed by atoms with Gasteiger partial charge in [0.05, 0.1) is 46.6 Å². The summed E-state index contributed by atoms with van der Waals surface area (Å²) < 4.78 is 5.57. The molecule has 2 unspecified atom stereocenters. The maximum Gasteiger partial charge on any atom is 0.411 e. The van der Waals surface area contributed by atoms with Gasteiger partial charge in [0.1, 0.15) is 18.3 Å². The van der Waals surface area contributed by atoms with Crippen molar-refractivity contribution >= 4 is 40.8 Å². The third-order valence-electron chi connectivity index (χ3n) is 11.5. The van der Waals surface area contributed by atoms with Gasteiger partial charge in [-0.05, 0) is 48.0 Å². The molecule has 7 rings (SSSR count). The Morgan fingerprint density at radius 1 is 0.943 bits per heavy atom. The Hall–Kier alpha value is -5.83. The van der Waals surface area contributed by atoms with Crippen LogP contribution >= 0.6 is 0 Å². The summed E-state index contributed by atoms with van der Waals surface area (Å²) in [6.07, 6.45) is -3.38. The Morgan fingerprint density at radius 2 is 1.53 bits per heavy atom. The smallest absolute Gasteiger partial charge is 0.411 e. The van der Waals surface area contributed by atoms with Crippen molar-refractivity contribution < 1.29 is 43.7 Å². The van der Waals surface area contributed by atoms with Crippen LogP contribution in [0.2, 0.25) is 0 Å². The first kappa shape index (κ1) is 35.6. The number of primary amides is 1. The molecular formula is C37H35N7O9. The maximum atomic E-state index is 14.6. The van der Waals surface area contributed by atoms with E-state index in [-0.39, 0.29) is 23.8 Å². The number of hydrogen-bond donors (Lipinski definition) is 7. The van der Waals surface area contributed by atoms with Gasteiger partial charge in [-0.1, -0.05) is 54.6 Å². The van der Waals surface area contributed by atoms with Crippen LogP contribution in [0.25, 0.3) is 11.1 Å². The molecule has 2 fully saturated rings. The van der Waals surface area contributed by atoms with Gasteiger partial charge in [-0.2, -0.15) is 5.26 Å². The molecule has 0 spiro atoms. The lowest BCUT2D eigenvalue weighted by atomic mass is 9.41. The third kappa shape index (κ3) is 4.33. The predicted molar refractivity (Wildman–Crippen MR) is 185 cm³/mol. The van der Waals surface area contributed by atoms with Gasteiger partial charge in [0.2, 0.25) is 5.91 Å². The molecule has 0 saturated heterocycles. The standard InChI is InChI=1S/C37H35N7O9/c1-44(2)29-27(47)23(32(40)50)30(48)35(14-38)31(49)24-26(46)22-19(28(39)36(24,41)33(51)37(29,35)42)11-12-21(25(22)45)43-34(52)53-13-20-17-9-5-3-7-15(17)16-8-4-6-10-18(16)20/h3-12,20,23-24,28-29,33,45,51H,13,39,41-42H2,1-2H3,(H2,40,50)(H,43,52)/t23?,24?,28-,29+,33-,35-,36+,37-/m0/s1. The van der Waals surface area contributed by atoms with Crippen LogP contribution in [0.15, 0.2) is 60.7 Å². The van der Waals surface area contributed by atoms with E-state index < -0.39 is 93.0 Å². The number of phenolic OH excluding ortho intramolecular Hbond substituents is 1. The van der Waals surface area contributed by atoms with Crippen LogP contribution < -0.4 is 28.3 Å². The van der Waals surface area contributed by atoms with E-state index in [0.717, 1.165) is 27.2 Å². The number of carbonyl (C=O) groups is 6. The molecule has 0 aromatic heterocycles. The number of benzene rings is 3. The fraction of sp³-hybridized carbons (Fsp3) is 0.324. The van der Waals surface area contributed by atoms with Gasteiger partial charge < -0.3 is 37.9 Å². The molecule has 2 amide bonds. The zero-order chi connectivity index (χ0) is 38.5. The second-order valence-corrected chi connectivity index (χ2v) is 14.2. The molecule has 2 saturated carbocycles. The SMILES string of the molecule is CN(C)[C@@H]1C(=O)C(C(N)=O)C(=O)[C@@]2(C#N)C(=O)C3C(=O)c4c(ccc(NC(=O)OCC5c6ccccc6-c6ccccc65)c4O)[C@H](N)[C@@]3(N)[C@H](O)[C@@]12N. The lowest BCUT2D eigenvalue weighted by molar-refractivity contribution is -0.181. The summed E-state index contributed by atoms with van der Waals surface area (Å²) in [6, 6.07) is 15.8. The van der Waals surface area contributed by atoms with Gasteiger partial charge in [0.25, 0.3) is 0 Å². The molecule has 16 nitrogen and oxygen atoms in total. The summed E-state index contributed by atoms with van der Waals surface area (Å²) in [6.45, 7) is -0.0760. The van der Waals surface area contributed by atoms with Crippen LogP contribution in [0.3, 0.4) is 0 Å². The number of fused-ring (bicyclic) bond motifs is 6. The Balaban J connectivity index is 1.25. The average Bonchev–Trinajstić information content (AvgIpc) is 3.43. The quantitative estimate of drug-likeness (QED) is 0.130. The molecule has 3 aromatic carbocycles. The molecule has 53 heavy (non-hydrogen) atoms. The van der Waals surface area contributed by atoms with E-state index in [1.807, 2.05) is 48.5 Å². The molecular weight excluding hydrogens is 686 g/mol. The minimum Gasteiger partial charge on any atom is -0.505 e. The maximum absolute atomic E-state index is 14.6.